The second kappa shape index (κ2) is 10.4. The van der Waals surface area contributed by atoms with Gasteiger partial charge in [-0.15, -0.1) is 0 Å². The van der Waals surface area contributed by atoms with Crippen molar-refractivity contribution in [1.29, 1.82) is 0 Å². The minimum absolute atomic E-state index is 0.0502. The van der Waals surface area contributed by atoms with E-state index in [0.717, 1.165) is 5.56 Å². The van der Waals surface area contributed by atoms with E-state index in [-0.39, 0.29) is 28.2 Å². The summed E-state index contributed by atoms with van der Waals surface area (Å²) in [6, 6.07) is 14.6. The van der Waals surface area contributed by atoms with Crippen LogP contribution >= 0.6 is 0 Å². The smallest absolute Gasteiger partial charge is 0.338 e. The summed E-state index contributed by atoms with van der Waals surface area (Å²) in [4.78, 5) is 24.7. The van der Waals surface area contributed by atoms with Crippen molar-refractivity contribution in [2.75, 3.05) is 5.32 Å². The molecule has 3 aromatic rings. The van der Waals surface area contributed by atoms with Crippen LogP contribution in [-0.4, -0.2) is 31.6 Å². The van der Waals surface area contributed by atoms with E-state index in [1.807, 2.05) is 12.1 Å². The van der Waals surface area contributed by atoms with Crippen LogP contribution in [-0.2, 0) is 31.5 Å². The molecule has 0 spiro atoms. The van der Waals surface area contributed by atoms with Gasteiger partial charge >= 0.3 is 5.97 Å². The first-order valence-electron chi connectivity index (χ1n) is 11.0. The number of sulfonamides is 1. The number of esters is 1. The molecular weight excluding hydrogens is 470 g/mol. The predicted molar refractivity (Wildman–Crippen MR) is 130 cm³/mol. The van der Waals surface area contributed by atoms with Crippen molar-refractivity contribution in [3.8, 4) is 0 Å². The van der Waals surface area contributed by atoms with E-state index in [0.29, 0.717) is 11.3 Å². The van der Waals surface area contributed by atoms with E-state index in [2.05, 4.69) is 36.0 Å². The highest BCUT2D eigenvalue weighted by atomic mass is 32.2. The van der Waals surface area contributed by atoms with Gasteiger partial charge in [-0.1, -0.05) is 50.2 Å². The maximum atomic E-state index is 12.6. The number of hydrogen-bond acceptors (Lipinski definition) is 7. The van der Waals surface area contributed by atoms with Crippen molar-refractivity contribution in [1.82, 2.24) is 9.88 Å². The third kappa shape index (κ3) is 7.00. The van der Waals surface area contributed by atoms with Crippen molar-refractivity contribution in [3.05, 3.63) is 77.0 Å². The topological polar surface area (TPSA) is 128 Å². The van der Waals surface area contributed by atoms with Gasteiger partial charge in [-0.2, -0.15) is 0 Å². The molecule has 0 bridgehead atoms. The minimum atomic E-state index is -3.69. The maximum absolute atomic E-state index is 12.6. The van der Waals surface area contributed by atoms with Crippen LogP contribution in [0, 0.1) is 6.92 Å². The third-order valence-corrected chi connectivity index (χ3v) is 6.64. The van der Waals surface area contributed by atoms with Crippen LogP contribution in [0.15, 0.2) is 64.0 Å². The summed E-state index contributed by atoms with van der Waals surface area (Å²) in [5.41, 5.74) is 1.85. The van der Waals surface area contributed by atoms with Gasteiger partial charge in [0.05, 0.1) is 10.5 Å². The molecule has 0 saturated carbocycles. The van der Waals surface area contributed by atoms with Crippen LogP contribution < -0.4 is 10.0 Å². The van der Waals surface area contributed by atoms with Gasteiger partial charge in [-0.05, 0) is 54.7 Å². The molecule has 0 saturated heterocycles. The summed E-state index contributed by atoms with van der Waals surface area (Å²) in [6.07, 6.45) is -1.06. The van der Waals surface area contributed by atoms with Gasteiger partial charge in [-0.25, -0.2) is 17.9 Å². The normalized spacial score (nSPS) is 12.7. The summed E-state index contributed by atoms with van der Waals surface area (Å²) in [5.74, 6) is -0.471. The molecule has 35 heavy (non-hydrogen) atoms. The van der Waals surface area contributed by atoms with Gasteiger partial charge in [0.15, 0.2) is 11.9 Å². The summed E-state index contributed by atoms with van der Waals surface area (Å²) in [6.45, 7) is 9.35. The minimum Gasteiger partial charge on any atom is -0.449 e. The molecule has 1 atom stereocenters. The molecule has 9 nitrogen and oxygen atoms in total. The number of amides is 1. The van der Waals surface area contributed by atoms with Gasteiger partial charge in [0.25, 0.3) is 5.91 Å². The number of carbonyl (C=O) groups excluding carboxylic acids is 2. The van der Waals surface area contributed by atoms with E-state index in [1.54, 1.807) is 37.3 Å². The van der Waals surface area contributed by atoms with Crippen LogP contribution in [0.5, 0.6) is 0 Å². The fourth-order valence-corrected chi connectivity index (χ4v) is 4.11. The Morgan fingerprint density at radius 3 is 2.23 bits per heavy atom. The summed E-state index contributed by atoms with van der Waals surface area (Å²) in [5, 5.41) is 6.15. The van der Waals surface area contributed by atoms with E-state index < -0.39 is 28.0 Å². The molecule has 186 valence electrons. The molecule has 10 heteroatoms. The van der Waals surface area contributed by atoms with E-state index in [4.69, 9.17) is 9.26 Å². The highest BCUT2D eigenvalue weighted by Crippen LogP contribution is 2.23. The average Bonchev–Trinajstić information content (AvgIpc) is 3.22. The average molecular weight is 500 g/mol. The lowest BCUT2D eigenvalue weighted by molar-refractivity contribution is -0.123. The quantitative estimate of drug-likeness (QED) is 0.449. The maximum Gasteiger partial charge on any atom is 0.338 e. The lowest BCUT2D eigenvalue weighted by atomic mass is 9.87. The number of anilines is 1. The fourth-order valence-electron chi connectivity index (χ4n) is 3.09. The Morgan fingerprint density at radius 2 is 1.69 bits per heavy atom. The van der Waals surface area contributed by atoms with Crippen molar-refractivity contribution >= 4 is 27.7 Å². The molecule has 0 aliphatic rings. The van der Waals surface area contributed by atoms with Crippen molar-refractivity contribution in [3.63, 3.8) is 0 Å². The molecule has 0 aliphatic carbocycles. The third-order valence-electron chi connectivity index (χ3n) is 5.22. The van der Waals surface area contributed by atoms with Crippen molar-refractivity contribution in [2.45, 2.75) is 57.6 Å². The summed E-state index contributed by atoms with van der Waals surface area (Å²) >= 11 is 0. The molecule has 2 aromatic carbocycles. The Kier molecular flexibility index (Phi) is 7.76. The van der Waals surface area contributed by atoms with Crippen LogP contribution in [0.4, 0.5) is 5.82 Å². The number of ether oxygens (including phenoxy) is 1. The number of nitrogens with one attached hydrogen (secondary N) is 2. The van der Waals surface area contributed by atoms with Gasteiger partial charge in [0, 0.05) is 12.6 Å². The molecule has 0 fully saturated rings. The lowest BCUT2D eigenvalue weighted by Crippen LogP contribution is -2.30. The van der Waals surface area contributed by atoms with Crippen LogP contribution in [0.25, 0.3) is 0 Å². The molecule has 0 radical (unpaired) electrons. The second-order valence-electron chi connectivity index (χ2n) is 9.16. The number of aryl methyl sites for hydroxylation is 1. The highest BCUT2D eigenvalue weighted by molar-refractivity contribution is 7.89. The van der Waals surface area contributed by atoms with Gasteiger partial charge < -0.3 is 14.6 Å². The first-order chi connectivity index (χ1) is 16.3. The number of nitrogens with zero attached hydrogens (tertiary/aromatic N) is 1. The number of rotatable bonds is 8. The molecule has 3 rings (SSSR count). The standard InChI is InChI=1S/C25H29N3O6S/c1-16-14-22(28-34-16)27-23(29)17(2)33-24(30)19-8-6-18(7-9-19)15-26-35(31,32)21-12-10-20(11-13-21)25(3,4)5/h6-14,17,26H,15H2,1-5H3,(H,27,28,29). The highest BCUT2D eigenvalue weighted by Gasteiger charge is 2.21. The van der Waals surface area contributed by atoms with E-state index >= 15 is 0 Å². The number of benzene rings is 2. The molecule has 0 aliphatic heterocycles. The molecule has 1 unspecified atom stereocenters. The van der Waals surface area contributed by atoms with Crippen LogP contribution in [0.1, 0.15) is 54.9 Å². The monoisotopic (exact) mass is 499 g/mol. The Bertz CT molecular complexity index is 1290. The summed E-state index contributed by atoms with van der Waals surface area (Å²) < 4.78 is 37.9. The molecule has 1 heterocycles. The molecule has 1 aromatic heterocycles. The van der Waals surface area contributed by atoms with Gasteiger partial charge in [0.1, 0.15) is 5.76 Å². The Hall–Kier alpha value is -3.50. The number of carbonyl (C=O) groups is 2. The van der Waals surface area contributed by atoms with Crippen LogP contribution in [0.2, 0.25) is 0 Å². The predicted octanol–water partition coefficient (Wildman–Crippen LogP) is 3.94. The lowest BCUT2D eigenvalue weighted by Gasteiger charge is -2.19. The molecule has 2 N–H and O–H groups in total. The van der Waals surface area contributed by atoms with E-state index in [9.17, 15) is 18.0 Å². The molecular formula is C25H29N3O6S. The zero-order valence-corrected chi connectivity index (χ0v) is 21.1. The number of aromatic nitrogens is 1. The second-order valence-corrected chi connectivity index (χ2v) is 10.9. The molecule has 1 amide bonds. The van der Waals surface area contributed by atoms with Crippen molar-refractivity contribution < 1.29 is 27.3 Å². The van der Waals surface area contributed by atoms with Crippen molar-refractivity contribution in [2.24, 2.45) is 0 Å². The Balaban J connectivity index is 1.55. The van der Waals surface area contributed by atoms with Gasteiger partial charge in [0.2, 0.25) is 10.0 Å². The summed E-state index contributed by atoms with van der Waals surface area (Å²) in [7, 11) is -3.69. The Morgan fingerprint density at radius 1 is 1.06 bits per heavy atom. The van der Waals surface area contributed by atoms with Gasteiger partial charge in [-0.3, -0.25) is 4.79 Å². The SMILES string of the molecule is Cc1cc(NC(=O)C(C)OC(=O)c2ccc(CNS(=O)(=O)c3ccc(C(C)(C)C)cc3)cc2)no1. The van der Waals surface area contributed by atoms with E-state index in [1.165, 1.54) is 19.1 Å². The largest absolute Gasteiger partial charge is 0.449 e. The fraction of sp³-hybridized carbons (Fsp3) is 0.320. The number of hydrogen-bond donors (Lipinski definition) is 2. The first-order valence-corrected chi connectivity index (χ1v) is 12.5. The first kappa shape index (κ1) is 26.1. The zero-order valence-electron chi connectivity index (χ0n) is 20.3. The zero-order chi connectivity index (χ0) is 25.8. The Labute approximate surface area is 204 Å². The van der Waals surface area contributed by atoms with Crippen LogP contribution in [0.3, 0.4) is 0 Å².